The molecule has 0 unspecified atom stereocenters. The van der Waals surface area contributed by atoms with E-state index in [0.717, 1.165) is 41.6 Å². The van der Waals surface area contributed by atoms with Gasteiger partial charge in [0.2, 0.25) is 0 Å². The number of thioether (sulfide) groups is 1. The molecule has 106 valence electrons. The molecule has 0 radical (unpaired) electrons. The Hall–Kier alpha value is -1.27. The van der Waals surface area contributed by atoms with E-state index in [2.05, 4.69) is 4.98 Å². The lowest BCUT2D eigenvalue weighted by atomic mass is 10.2. The summed E-state index contributed by atoms with van der Waals surface area (Å²) < 4.78 is 5.48. The van der Waals surface area contributed by atoms with E-state index < -0.39 is 0 Å². The smallest absolute Gasteiger partial charge is 0.265 e. The number of thiazole rings is 1. The van der Waals surface area contributed by atoms with E-state index in [1.807, 2.05) is 35.7 Å². The fraction of sp³-hybridized carbons (Fsp3) is 0.429. The van der Waals surface area contributed by atoms with Crippen molar-refractivity contribution in [3.8, 4) is 0 Å². The molecule has 0 N–H and O–H groups in total. The van der Waals surface area contributed by atoms with E-state index >= 15 is 0 Å². The van der Waals surface area contributed by atoms with Gasteiger partial charge in [-0.25, -0.2) is 4.98 Å². The Morgan fingerprint density at radius 3 is 3.10 bits per heavy atom. The lowest BCUT2D eigenvalue weighted by Gasteiger charge is -2.19. The number of nitrogens with zero attached hydrogens (tertiary/aromatic N) is 2. The van der Waals surface area contributed by atoms with Gasteiger partial charge in [0.15, 0.2) is 0 Å². The molecule has 1 aliphatic rings. The normalized spacial score (nSPS) is 19.9. The van der Waals surface area contributed by atoms with Crippen LogP contribution in [-0.2, 0) is 0 Å². The summed E-state index contributed by atoms with van der Waals surface area (Å²) in [4.78, 5) is 19.4. The second kappa shape index (κ2) is 6.01. The van der Waals surface area contributed by atoms with Crippen LogP contribution in [0.4, 0.5) is 0 Å². The van der Waals surface area contributed by atoms with E-state index in [1.54, 1.807) is 11.8 Å². The van der Waals surface area contributed by atoms with E-state index in [-0.39, 0.29) is 5.91 Å². The van der Waals surface area contributed by atoms with Crippen molar-refractivity contribution in [1.82, 2.24) is 9.88 Å². The van der Waals surface area contributed by atoms with Gasteiger partial charge in [0, 0.05) is 18.8 Å². The van der Waals surface area contributed by atoms with Gasteiger partial charge in [-0.05, 0) is 25.5 Å². The molecular formula is C14H16N2O2S2. The van der Waals surface area contributed by atoms with Crippen LogP contribution in [0.2, 0.25) is 0 Å². The molecule has 2 aromatic rings. The van der Waals surface area contributed by atoms with Crippen molar-refractivity contribution in [2.75, 3.05) is 18.8 Å². The van der Waals surface area contributed by atoms with Gasteiger partial charge in [0.25, 0.3) is 5.91 Å². The van der Waals surface area contributed by atoms with Crippen LogP contribution in [0.5, 0.6) is 0 Å². The zero-order valence-electron chi connectivity index (χ0n) is 11.2. The van der Waals surface area contributed by atoms with Crippen molar-refractivity contribution in [1.29, 1.82) is 0 Å². The standard InChI is InChI=1S/C14H16N2O2S2/c1-10-13(20-9-15-10)14(17)16-5-4-12(19-8-6-16)11-3-2-7-18-11/h2-3,7,9,12H,4-6,8H2,1H3/t12-/m1/s1. The van der Waals surface area contributed by atoms with Crippen molar-refractivity contribution in [2.24, 2.45) is 0 Å². The average molecular weight is 308 g/mol. The first-order valence-corrected chi connectivity index (χ1v) is 8.53. The monoisotopic (exact) mass is 308 g/mol. The van der Waals surface area contributed by atoms with Crippen LogP contribution in [0.15, 0.2) is 28.3 Å². The van der Waals surface area contributed by atoms with Crippen LogP contribution in [-0.4, -0.2) is 34.6 Å². The number of amides is 1. The Morgan fingerprint density at radius 2 is 2.40 bits per heavy atom. The minimum absolute atomic E-state index is 0.116. The quantitative estimate of drug-likeness (QED) is 0.853. The summed E-state index contributed by atoms with van der Waals surface area (Å²) in [5.74, 6) is 2.07. The Morgan fingerprint density at radius 1 is 1.50 bits per heavy atom. The predicted octanol–water partition coefficient (Wildman–Crippen LogP) is 3.36. The molecule has 1 atom stereocenters. The molecule has 6 heteroatoms. The third kappa shape index (κ3) is 2.76. The Balaban J connectivity index is 1.68. The number of hydrogen-bond donors (Lipinski definition) is 0. The van der Waals surface area contributed by atoms with Gasteiger partial charge in [-0.15, -0.1) is 23.1 Å². The first kappa shape index (κ1) is 13.7. The molecule has 1 amide bonds. The molecule has 3 heterocycles. The highest BCUT2D eigenvalue weighted by Gasteiger charge is 2.25. The molecule has 0 bridgehead atoms. The van der Waals surface area contributed by atoms with E-state index in [0.29, 0.717) is 5.25 Å². The maximum atomic E-state index is 12.5. The summed E-state index contributed by atoms with van der Waals surface area (Å²) in [7, 11) is 0. The molecule has 1 aliphatic heterocycles. The molecule has 0 aromatic carbocycles. The van der Waals surface area contributed by atoms with Gasteiger partial charge in [0.1, 0.15) is 10.6 Å². The second-order valence-corrected chi connectivity index (χ2v) is 6.89. The van der Waals surface area contributed by atoms with Crippen LogP contribution in [0, 0.1) is 6.92 Å². The van der Waals surface area contributed by atoms with E-state index in [9.17, 15) is 4.79 Å². The topological polar surface area (TPSA) is 46.3 Å². The minimum atomic E-state index is 0.116. The molecule has 2 aromatic heterocycles. The molecule has 0 aliphatic carbocycles. The minimum Gasteiger partial charge on any atom is -0.468 e. The highest BCUT2D eigenvalue weighted by atomic mass is 32.2. The lowest BCUT2D eigenvalue weighted by Crippen LogP contribution is -2.32. The zero-order chi connectivity index (χ0) is 13.9. The largest absolute Gasteiger partial charge is 0.468 e. The number of aromatic nitrogens is 1. The number of furan rings is 1. The van der Waals surface area contributed by atoms with Gasteiger partial charge < -0.3 is 9.32 Å². The fourth-order valence-electron chi connectivity index (χ4n) is 2.33. The molecule has 1 saturated heterocycles. The molecule has 20 heavy (non-hydrogen) atoms. The van der Waals surface area contributed by atoms with Crippen LogP contribution in [0.1, 0.15) is 32.8 Å². The highest BCUT2D eigenvalue weighted by molar-refractivity contribution is 7.99. The summed E-state index contributed by atoms with van der Waals surface area (Å²) in [5.41, 5.74) is 2.57. The van der Waals surface area contributed by atoms with E-state index in [4.69, 9.17) is 4.42 Å². The van der Waals surface area contributed by atoms with Gasteiger partial charge >= 0.3 is 0 Å². The fourth-order valence-corrected chi connectivity index (χ4v) is 4.28. The Kier molecular flexibility index (Phi) is 4.12. The number of hydrogen-bond acceptors (Lipinski definition) is 5. The second-order valence-electron chi connectivity index (χ2n) is 4.72. The number of rotatable bonds is 2. The number of carbonyl (C=O) groups is 1. The van der Waals surface area contributed by atoms with Gasteiger partial charge in [-0.3, -0.25) is 4.79 Å². The Bertz CT molecular complexity index is 580. The zero-order valence-corrected chi connectivity index (χ0v) is 12.9. The van der Waals surface area contributed by atoms with Crippen LogP contribution in [0.25, 0.3) is 0 Å². The van der Waals surface area contributed by atoms with E-state index in [1.165, 1.54) is 11.3 Å². The van der Waals surface area contributed by atoms with Gasteiger partial charge in [-0.1, -0.05) is 0 Å². The molecule has 0 saturated carbocycles. The number of aryl methyl sites for hydroxylation is 1. The summed E-state index contributed by atoms with van der Waals surface area (Å²) in [6.45, 7) is 3.45. The third-order valence-corrected chi connectivity index (χ3v) is 5.63. The maximum Gasteiger partial charge on any atom is 0.265 e. The molecule has 0 spiro atoms. The van der Waals surface area contributed by atoms with Crippen molar-refractivity contribution in [2.45, 2.75) is 18.6 Å². The first-order valence-electron chi connectivity index (χ1n) is 6.60. The summed E-state index contributed by atoms with van der Waals surface area (Å²) in [6, 6.07) is 3.94. The van der Waals surface area contributed by atoms with Gasteiger partial charge in [0.05, 0.1) is 22.7 Å². The van der Waals surface area contributed by atoms with Crippen LogP contribution >= 0.6 is 23.1 Å². The van der Waals surface area contributed by atoms with Crippen molar-refractivity contribution in [3.05, 3.63) is 40.2 Å². The molecule has 1 fully saturated rings. The molecule has 4 nitrogen and oxygen atoms in total. The maximum absolute atomic E-state index is 12.5. The molecular weight excluding hydrogens is 292 g/mol. The van der Waals surface area contributed by atoms with Crippen molar-refractivity contribution >= 4 is 29.0 Å². The third-order valence-electron chi connectivity index (χ3n) is 3.43. The van der Waals surface area contributed by atoms with Crippen molar-refractivity contribution in [3.63, 3.8) is 0 Å². The predicted molar refractivity (Wildman–Crippen MR) is 81.3 cm³/mol. The van der Waals surface area contributed by atoms with Crippen LogP contribution in [0.3, 0.4) is 0 Å². The number of carbonyl (C=O) groups excluding carboxylic acids is 1. The van der Waals surface area contributed by atoms with Crippen LogP contribution < -0.4 is 0 Å². The SMILES string of the molecule is Cc1ncsc1C(=O)N1CCS[C@@H](c2ccco2)CC1. The summed E-state index contributed by atoms with van der Waals surface area (Å²) >= 11 is 3.29. The average Bonchev–Trinajstić information content (AvgIpc) is 3.05. The Labute approximate surface area is 126 Å². The lowest BCUT2D eigenvalue weighted by molar-refractivity contribution is 0.0770. The highest BCUT2D eigenvalue weighted by Crippen LogP contribution is 2.34. The summed E-state index contributed by atoms with van der Waals surface area (Å²) in [6.07, 6.45) is 2.64. The van der Waals surface area contributed by atoms with Gasteiger partial charge in [-0.2, -0.15) is 0 Å². The first-order chi connectivity index (χ1) is 9.75. The molecule has 3 rings (SSSR count). The summed E-state index contributed by atoms with van der Waals surface area (Å²) in [5, 5.41) is 0.352. The van der Waals surface area contributed by atoms with Crippen molar-refractivity contribution < 1.29 is 9.21 Å².